The Morgan fingerprint density at radius 1 is 1.27 bits per heavy atom. The molecule has 0 N–H and O–H groups in total. The molecule has 22 heavy (non-hydrogen) atoms. The zero-order chi connectivity index (χ0) is 15.4. The van der Waals surface area contributed by atoms with Gasteiger partial charge in [0.25, 0.3) is 0 Å². The zero-order valence-corrected chi connectivity index (χ0v) is 13.3. The number of piperidine rings is 1. The van der Waals surface area contributed by atoms with Crippen LogP contribution in [0.1, 0.15) is 30.7 Å². The van der Waals surface area contributed by atoms with Crippen LogP contribution in [0.2, 0.25) is 0 Å². The van der Waals surface area contributed by atoms with Gasteiger partial charge >= 0.3 is 0 Å². The van der Waals surface area contributed by atoms with Crippen LogP contribution in [0.3, 0.4) is 0 Å². The Labute approximate surface area is 131 Å². The highest BCUT2D eigenvalue weighted by Crippen LogP contribution is 2.23. The number of likely N-dealkylation sites (tertiary alicyclic amines) is 1. The van der Waals surface area contributed by atoms with E-state index in [-0.39, 0.29) is 0 Å². The van der Waals surface area contributed by atoms with E-state index in [1.54, 1.807) is 0 Å². The molecular formula is C16H25N3O3. The first-order valence-corrected chi connectivity index (χ1v) is 8.21. The van der Waals surface area contributed by atoms with E-state index >= 15 is 0 Å². The summed E-state index contributed by atoms with van der Waals surface area (Å²) < 4.78 is 10.6. The highest BCUT2D eigenvalue weighted by atomic mass is 16.5. The van der Waals surface area contributed by atoms with Crippen molar-refractivity contribution in [1.29, 1.82) is 0 Å². The first kappa shape index (κ1) is 15.5. The summed E-state index contributed by atoms with van der Waals surface area (Å²) in [7, 11) is 0. The molecule has 1 aromatic heterocycles. The maximum atomic E-state index is 12.3. The normalized spacial score (nSPS) is 21.2. The van der Waals surface area contributed by atoms with E-state index in [1.165, 1.54) is 0 Å². The van der Waals surface area contributed by atoms with E-state index in [1.807, 2.05) is 17.9 Å². The van der Waals surface area contributed by atoms with E-state index < -0.39 is 0 Å². The minimum atomic E-state index is 0.299. The van der Waals surface area contributed by atoms with E-state index in [9.17, 15) is 4.79 Å². The van der Waals surface area contributed by atoms with Gasteiger partial charge in [0.05, 0.1) is 25.5 Å². The molecule has 2 aliphatic rings. The number of nitrogens with zero attached hydrogens (tertiary/aromatic N) is 3. The summed E-state index contributed by atoms with van der Waals surface area (Å²) in [5.74, 6) is 1.75. The zero-order valence-electron chi connectivity index (χ0n) is 13.3. The molecule has 0 radical (unpaired) electrons. The molecule has 2 aliphatic heterocycles. The Bertz CT molecular complexity index is 489. The van der Waals surface area contributed by atoms with Gasteiger partial charge in [-0.05, 0) is 38.8 Å². The number of hydrogen-bond donors (Lipinski definition) is 0. The summed E-state index contributed by atoms with van der Waals surface area (Å²) in [5.41, 5.74) is 0.931. The molecular weight excluding hydrogens is 282 g/mol. The molecule has 1 amide bonds. The standard InChI is InChI=1S/C16H25N3O3/c1-13-10-15(22-17-13)12-18-4-2-14(3-5-18)11-16(20)19-6-8-21-9-7-19/h10,14H,2-9,11-12H2,1H3. The van der Waals surface area contributed by atoms with Crippen molar-refractivity contribution in [3.05, 3.63) is 17.5 Å². The van der Waals surface area contributed by atoms with E-state index in [2.05, 4.69) is 10.1 Å². The third kappa shape index (κ3) is 4.08. The average molecular weight is 307 g/mol. The minimum Gasteiger partial charge on any atom is -0.378 e. The molecule has 0 aliphatic carbocycles. The fraction of sp³-hybridized carbons (Fsp3) is 0.750. The topological polar surface area (TPSA) is 58.8 Å². The molecule has 3 rings (SSSR count). The Morgan fingerprint density at radius 2 is 2.00 bits per heavy atom. The second kappa shape index (κ2) is 7.24. The Kier molecular flexibility index (Phi) is 5.10. The maximum absolute atomic E-state index is 12.3. The first-order valence-electron chi connectivity index (χ1n) is 8.21. The van der Waals surface area contributed by atoms with Gasteiger partial charge in [0.15, 0.2) is 5.76 Å². The first-order chi connectivity index (χ1) is 10.7. The number of amides is 1. The van der Waals surface area contributed by atoms with Crippen LogP contribution in [-0.2, 0) is 16.1 Å². The number of carbonyl (C=O) groups is 1. The monoisotopic (exact) mass is 307 g/mol. The van der Waals surface area contributed by atoms with Crippen LogP contribution < -0.4 is 0 Å². The number of rotatable bonds is 4. The molecule has 2 fully saturated rings. The third-order valence-electron chi connectivity index (χ3n) is 4.59. The molecule has 0 aromatic carbocycles. The molecule has 6 heteroatoms. The summed E-state index contributed by atoms with van der Waals surface area (Å²) in [6.45, 7) is 7.69. The average Bonchev–Trinajstić information content (AvgIpc) is 2.95. The molecule has 0 spiro atoms. The summed E-state index contributed by atoms with van der Waals surface area (Å²) in [4.78, 5) is 16.6. The van der Waals surface area contributed by atoms with Gasteiger partial charge in [-0.3, -0.25) is 9.69 Å². The number of ether oxygens (including phenoxy) is 1. The lowest BCUT2D eigenvalue weighted by Crippen LogP contribution is -2.42. The van der Waals surface area contributed by atoms with Crippen molar-refractivity contribution in [3.63, 3.8) is 0 Å². The maximum Gasteiger partial charge on any atom is 0.223 e. The van der Waals surface area contributed by atoms with Crippen molar-refractivity contribution >= 4 is 5.91 Å². The lowest BCUT2D eigenvalue weighted by atomic mass is 9.93. The predicted octanol–water partition coefficient (Wildman–Crippen LogP) is 1.44. The van der Waals surface area contributed by atoms with Crippen LogP contribution in [-0.4, -0.2) is 60.3 Å². The second-order valence-electron chi connectivity index (χ2n) is 6.35. The third-order valence-corrected chi connectivity index (χ3v) is 4.59. The van der Waals surface area contributed by atoms with Crippen molar-refractivity contribution < 1.29 is 14.1 Å². The van der Waals surface area contributed by atoms with E-state index in [0.29, 0.717) is 31.5 Å². The Balaban J connectivity index is 1.40. The van der Waals surface area contributed by atoms with Crippen molar-refractivity contribution in [2.45, 2.75) is 32.7 Å². The molecule has 0 saturated carbocycles. The molecule has 6 nitrogen and oxygen atoms in total. The van der Waals surface area contributed by atoms with E-state index in [4.69, 9.17) is 9.26 Å². The van der Waals surface area contributed by atoms with E-state index in [0.717, 1.165) is 57.0 Å². The highest BCUT2D eigenvalue weighted by Gasteiger charge is 2.25. The fourth-order valence-electron chi connectivity index (χ4n) is 3.25. The van der Waals surface area contributed by atoms with Gasteiger partial charge in [-0.1, -0.05) is 5.16 Å². The number of hydrogen-bond acceptors (Lipinski definition) is 5. The number of aryl methyl sites for hydroxylation is 1. The van der Waals surface area contributed by atoms with Crippen molar-refractivity contribution in [3.8, 4) is 0 Å². The van der Waals surface area contributed by atoms with Crippen molar-refractivity contribution in [2.24, 2.45) is 5.92 Å². The van der Waals surface area contributed by atoms with Crippen molar-refractivity contribution in [1.82, 2.24) is 15.0 Å². The fourth-order valence-corrected chi connectivity index (χ4v) is 3.25. The molecule has 2 saturated heterocycles. The minimum absolute atomic E-state index is 0.299. The van der Waals surface area contributed by atoms with Gasteiger partial charge in [-0.2, -0.15) is 0 Å². The van der Waals surface area contributed by atoms with Crippen LogP contribution in [0, 0.1) is 12.8 Å². The smallest absolute Gasteiger partial charge is 0.223 e. The second-order valence-corrected chi connectivity index (χ2v) is 6.35. The van der Waals surface area contributed by atoms with Gasteiger partial charge < -0.3 is 14.2 Å². The van der Waals surface area contributed by atoms with Crippen LogP contribution in [0.5, 0.6) is 0 Å². The van der Waals surface area contributed by atoms with Gasteiger partial charge in [-0.15, -0.1) is 0 Å². The number of morpholine rings is 1. The summed E-state index contributed by atoms with van der Waals surface area (Å²) in [6.07, 6.45) is 2.86. The van der Waals surface area contributed by atoms with Crippen LogP contribution in [0.4, 0.5) is 0 Å². The summed E-state index contributed by atoms with van der Waals surface area (Å²) in [5, 5.41) is 3.93. The lowest BCUT2D eigenvalue weighted by Gasteiger charge is -2.33. The summed E-state index contributed by atoms with van der Waals surface area (Å²) >= 11 is 0. The van der Waals surface area contributed by atoms with Crippen LogP contribution >= 0.6 is 0 Å². The van der Waals surface area contributed by atoms with Gasteiger partial charge in [-0.25, -0.2) is 0 Å². The van der Waals surface area contributed by atoms with Gasteiger partial charge in [0, 0.05) is 25.6 Å². The molecule has 0 unspecified atom stereocenters. The quantitative estimate of drug-likeness (QED) is 0.842. The predicted molar refractivity (Wildman–Crippen MR) is 81.3 cm³/mol. The summed E-state index contributed by atoms with van der Waals surface area (Å²) in [6, 6.07) is 1.99. The Hall–Kier alpha value is -1.40. The largest absolute Gasteiger partial charge is 0.378 e. The molecule has 3 heterocycles. The lowest BCUT2D eigenvalue weighted by molar-refractivity contribution is -0.136. The van der Waals surface area contributed by atoms with Crippen LogP contribution in [0.15, 0.2) is 10.6 Å². The van der Waals surface area contributed by atoms with Crippen molar-refractivity contribution in [2.75, 3.05) is 39.4 Å². The SMILES string of the molecule is Cc1cc(CN2CCC(CC(=O)N3CCOCC3)CC2)on1. The van der Waals surface area contributed by atoms with Gasteiger partial charge in [0.1, 0.15) is 0 Å². The molecule has 0 atom stereocenters. The number of aromatic nitrogens is 1. The number of carbonyl (C=O) groups excluding carboxylic acids is 1. The van der Waals surface area contributed by atoms with Gasteiger partial charge in [0.2, 0.25) is 5.91 Å². The molecule has 0 bridgehead atoms. The molecule has 1 aromatic rings. The Morgan fingerprint density at radius 3 is 2.64 bits per heavy atom. The molecule has 122 valence electrons. The van der Waals surface area contributed by atoms with Crippen LogP contribution in [0.25, 0.3) is 0 Å². The highest BCUT2D eigenvalue weighted by molar-refractivity contribution is 5.76.